The van der Waals surface area contributed by atoms with Crippen LogP contribution in [0.3, 0.4) is 0 Å². The molecule has 1 atom stereocenters. The maximum absolute atomic E-state index is 13.6. The third-order valence-corrected chi connectivity index (χ3v) is 4.06. The number of benzene rings is 1. The number of carbonyl (C=O) groups is 1. The molecule has 0 bridgehead atoms. The Hall–Kier alpha value is -1.93. The standard InChI is InChI=1S/C15H16FN3O/c1-15(2)9-18-4-3-13(19(18)14(15)20)11-5-10(8-17)6-12(16)7-11/h5-7,13H,3-4,9H2,1-2H3/t13-/m1/s1. The average Bonchev–Trinajstić information content (AvgIpc) is 2.88. The summed E-state index contributed by atoms with van der Waals surface area (Å²) in [6, 6.07) is 6.12. The lowest BCUT2D eigenvalue weighted by Gasteiger charge is -2.26. The third kappa shape index (κ3) is 1.88. The molecule has 1 amide bonds. The summed E-state index contributed by atoms with van der Waals surface area (Å²) in [4.78, 5) is 12.5. The summed E-state index contributed by atoms with van der Waals surface area (Å²) in [6.45, 7) is 5.34. The van der Waals surface area contributed by atoms with E-state index in [9.17, 15) is 9.18 Å². The Labute approximate surface area is 117 Å². The first-order valence-corrected chi connectivity index (χ1v) is 6.71. The van der Waals surface area contributed by atoms with Crippen LogP contribution in [0.5, 0.6) is 0 Å². The van der Waals surface area contributed by atoms with Gasteiger partial charge in [0.25, 0.3) is 0 Å². The van der Waals surface area contributed by atoms with Gasteiger partial charge in [0.15, 0.2) is 0 Å². The van der Waals surface area contributed by atoms with E-state index < -0.39 is 11.2 Å². The molecule has 2 aliphatic heterocycles. The van der Waals surface area contributed by atoms with E-state index >= 15 is 0 Å². The highest BCUT2D eigenvalue weighted by Gasteiger charge is 2.50. The lowest BCUT2D eigenvalue weighted by molar-refractivity contribution is -0.142. The molecule has 0 N–H and O–H groups in total. The highest BCUT2D eigenvalue weighted by Crippen LogP contribution is 2.42. The fourth-order valence-electron chi connectivity index (χ4n) is 3.13. The van der Waals surface area contributed by atoms with E-state index in [4.69, 9.17) is 5.26 Å². The summed E-state index contributed by atoms with van der Waals surface area (Å²) in [5.41, 5.74) is 0.601. The summed E-state index contributed by atoms with van der Waals surface area (Å²) in [7, 11) is 0. The minimum Gasteiger partial charge on any atom is -0.273 e. The molecule has 1 aromatic rings. The molecule has 20 heavy (non-hydrogen) atoms. The Morgan fingerprint density at radius 1 is 1.40 bits per heavy atom. The number of halogens is 1. The van der Waals surface area contributed by atoms with Crippen LogP contribution < -0.4 is 0 Å². The van der Waals surface area contributed by atoms with Crippen molar-refractivity contribution in [2.24, 2.45) is 5.41 Å². The van der Waals surface area contributed by atoms with Crippen molar-refractivity contribution in [2.75, 3.05) is 13.1 Å². The first-order valence-electron chi connectivity index (χ1n) is 6.71. The number of amides is 1. The van der Waals surface area contributed by atoms with Crippen molar-refractivity contribution in [1.82, 2.24) is 10.0 Å². The van der Waals surface area contributed by atoms with Gasteiger partial charge in [-0.05, 0) is 44.0 Å². The summed E-state index contributed by atoms with van der Waals surface area (Å²) in [6.07, 6.45) is 0.774. The zero-order chi connectivity index (χ0) is 14.5. The number of hydrogen-bond acceptors (Lipinski definition) is 3. The van der Waals surface area contributed by atoms with Crippen molar-refractivity contribution < 1.29 is 9.18 Å². The molecule has 0 aliphatic carbocycles. The number of hydrogen-bond donors (Lipinski definition) is 0. The average molecular weight is 273 g/mol. The van der Waals surface area contributed by atoms with Crippen LogP contribution in [0.4, 0.5) is 4.39 Å². The van der Waals surface area contributed by atoms with Crippen molar-refractivity contribution >= 4 is 5.91 Å². The molecule has 0 unspecified atom stereocenters. The fourth-order valence-corrected chi connectivity index (χ4v) is 3.13. The van der Waals surface area contributed by atoms with Gasteiger partial charge in [-0.1, -0.05) is 0 Å². The lowest BCUT2D eigenvalue weighted by Crippen LogP contribution is -2.35. The molecule has 2 fully saturated rings. The van der Waals surface area contributed by atoms with Gasteiger partial charge in [-0.2, -0.15) is 5.26 Å². The van der Waals surface area contributed by atoms with Gasteiger partial charge >= 0.3 is 0 Å². The number of rotatable bonds is 1. The van der Waals surface area contributed by atoms with Crippen molar-refractivity contribution in [2.45, 2.75) is 26.3 Å². The maximum atomic E-state index is 13.6. The van der Waals surface area contributed by atoms with Crippen molar-refractivity contribution in [3.05, 3.63) is 35.1 Å². The van der Waals surface area contributed by atoms with Crippen LogP contribution in [-0.2, 0) is 4.79 Å². The quantitative estimate of drug-likeness (QED) is 0.788. The molecule has 4 nitrogen and oxygen atoms in total. The van der Waals surface area contributed by atoms with Gasteiger partial charge in [-0.25, -0.2) is 9.40 Å². The van der Waals surface area contributed by atoms with E-state index in [2.05, 4.69) is 0 Å². The molecule has 3 rings (SSSR count). The van der Waals surface area contributed by atoms with Gasteiger partial charge in [0.05, 0.1) is 23.1 Å². The lowest BCUT2D eigenvalue weighted by atomic mass is 9.92. The van der Waals surface area contributed by atoms with Crippen LogP contribution >= 0.6 is 0 Å². The molecular weight excluding hydrogens is 257 g/mol. The van der Waals surface area contributed by atoms with Gasteiger partial charge in [-0.3, -0.25) is 9.80 Å². The van der Waals surface area contributed by atoms with Crippen LogP contribution in [0.1, 0.15) is 37.4 Å². The van der Waals surface area contributed by atoms with E-state index in [0.29, 0.717) is 17.7 Å². The Bertz CT molecular complexity index is 620. The topological polar surface area (TPSA) is 47.3 Å². The SMILES string of the molecule is CC1(C)CN2CC[C@H](c3cc(F)cc(C#N)c3)N2C1=O. The van der Waals surface area contributed by atoms with Gasteiger partial charge in [0.1, 0.15) is 5.82 Å². The number of hydrazine groups is 1. The molecule has 104 valence electrons. The van der Waals surface area contributed by atoms with Crippen LogP contribution in [0.15, 0.2) is 18.2 Å². The van der Waals surface area contributed by atoms with Gasteiger partial charge in [0, 0.05) is 13.1 Å². The van der Waals surface area contributed by atoms with E-state index in [1.54, 1.807) is 11.1 Å². The van der Waals surface area contributed by atoms with Gasteiger partial charge in [0.2, 0.25) is 5.91 Å². The summed E-state index contributed by atoms with van der Waals surface area (Å²) < 4.78 is 13.6. The number of nitriles is 1. The van der Waals surface area contributed by atoms with E-state index in [0.717, 1.165) is 13.0 Å². The maximum Gasteiger partial charge on any atom is 0.244 e. The number of carbonyl (C=O) groups excluding carboxylic acids is 1. The Morgan fingerprint density at radius 3 is 2.85 bits per heavy atom. The smallest absolute Gasteiger partial charge is 0.244 e. The molecule has 2 aliphatic rings. The second kappa shape index (κ2) is 4.29. The molecule has 2 heterocycles. The predicted octanol–water partition coefficient (Wildman–Crippen LogP) is 2.23. The summed E-state index contributed by atoms with van der Waals surface area (Å²) >= 11 is 0. The largest absolute Gasteiger partial charge is 0.273 e. The van der Waals surface area contributed by atoms with Crippen LogP contribution in [-0.4, -0.2) is 29.0 Å². The van der Waals surface area contributed by atoms with E-state index in [-0.39, 0.29) is 11.9 Å². The van der Waals surface area contributed by atoms with Crippen molar-refractivity contribution in [1.29, 1.82) is 5.26 Å². The Morgan fingerprint density at radius 2 is 2.15 bits per heavy atom. The minimum atomic E-state index is -0.427. The molecule has 2 saturated heterocycles. The molecule has 1 aromatic carbocycles. The Kier molecular flexibility index (Phi) is 2.80. The minimum absolute atomic E-state index is 0.0720. The number of fused-ring (bicyclic) bond motifs is 1. The normalized spacial score (nSPS) is 24.8. The van der Waals surface area contributed by atoms with Crippen LogP contribution in [0.25, 0.3) is 0 Å². The van der Waals surface area contributed by atoms with Crippen molar-refractivity contribution in [3.8, 4) is 6.07 Å². The molecule has 0 aromatic heterocycles. The van der Waals surface area contributed by atoms with Gasteiger partial charge < -0.3 is 0 Å². The molecule has 5 heteroatoms. The molecule has 0 saturated carbocycles. The first-order chi connectivity index (χ1) is 9.42. The molecular formula is C15H16FN3O. The number of nitrogens with zero attached hydrogens (tertiary/aromatic N) is 3. The zero-order valence-electron chi connectivity index (χ0n) is 11.6. The second-order valence-electron chi connectivity index (χ2n) is 6.11. The van der Waals surface area contributed by atoms with Crippen molar-refractivity contribution in [3.63, 3.8) is 0 Å². The fraction of sp³-hybridized carbons (Fsp3) is 0.467. The second-order valence-corrected chi connectivity index (χ2v) is 6.11. The third-order valence-electron chi connectivity index (χ3n) is 4.06. The van der Waals surface area contributed by atoms with Crippen LogP contribution in [0.2, 0.25) is 0 Å². The summed E-state index contributed by atoms with van der Waals surface area (Å²) in [5, 5.41) is 12.7. The van der Waals surface area contributed by atoms with Crippen LogP contribution in [0, 0.1) is 22.6 Å². The highest BCUT2D eigenvalue weighted by molar-refractivity contribution is 5.84. The predicted molar refractivity (Wildman–Crippen MR) is 70.7 cm³/mol. The van der Waals surface area contributed by atoms with E-state index in [1.807, 2.05) is 24.9 Å². The zero-order valence-corrected chi connectivity index (χ0v) is 11.6. The Balaban J connectivity index is 1.98. The first kappa shape index (κ1) is 13.1. The molecule has 0 spiro atoms. The monoisotopic (exact) mass is 273 g/mol. The summed E-state index contributed by atoms with van der Waals surface area (Å²) in [5.74, 6) is -0.355. The highest BCUT2D eigenvalue weighted by atomic mass is 19.1. The van der Waals surface area contributed by atoms with E-state index in [1.165, 1.54) is 12.1 Å². The van der Waals surface area contributed by atoms with Gasteiger partial charge in [-0.15, -0.1) is 0 Å². The molecule has 0 radical (unpaired) electrons.